The highest BCUT2D eigenvalue weighted by Gasteiger charge is 2.20. The highest BCUT2D eigenvalue weighted by molar-refractivity contribution is 5.30. The maximum Gasteiger partial charge on any atom is 0.251 e. The van der Waals surface area contributed by atoms with Crippen molar-refractivity contribution in [2.24, 2.45) is 0 Å². The zero-order chi connectivity index (χ0) is 11.1. The molecule has 0 amide bonds. The van der Waals surface area contributed by atoms with Gasteiger partial charge in [0, 0.05) is 11.3 Å². The summed E-state index contributed by atoms with van der Waals surface area (Å²) in [6, 6.07) is 2.12. The van der Waals surface area contributed by atoms with Gasteiger partial charge in [-0.3, -0.25) is 4.79 Å². The van der Waals surface area contributed by atoms with E-state index in [0.29, 0.717) is 0 Å². The van der Waals surface area contributed by atoms with Crippen molar-refractivity contribution in [3.63, 3.8) is 0 Å². The normalized spacial score (nSPS) is 16.2. The predicted molar refractivity (Wildman–Crippen MR) is 62.4 cm³/mol. The van der Waals surface area contributed by atoms with E-state index in [1.165, 1.54) is 24.1 Å². The second kappa shape index (κ2) is 3.51. The van der Waals surface area contributed by atoms with Gasteiger partial charge >= 0.3 is 0 Å². The van der Waals surface area contributed by atoms with Gasteiger partial charge in [-0.15, -0.1) is 0 Å². The average molecular weight is 205 g/mol. The zero-order valence-electron chi connectivity index (χ0n) is 9.81. The van der Waals surface area contributed by atoms with E-state index in [2.05, 4.69) is 31.8 Å². The second-order valence-electron chi connectivity index (χ2n) is 5.47. The summed E-state index contributed by atoms with van der Waals surface area (Å²) in [5.74, 6) is 0. The maximum atomic E-state index is 11.9. The molecule has 1 aromatic rings. The molecule has 2 heteroatoms. The van der Waals surface area contributed by atoms with Crippen molar-refractivity contribution in [1.82, 2.24) is 4.98 Å². The molecule has 0 unspecified atom stereocenters. The van der Waals surface area contributed by atoms with Crippen LogP contribution in [0.5, 0.6) is 0 Å². The molecule has 0 saturated heterocycles. The summed E-state index contributed by atoms with van der Waals surface area (Å²) >= 11 is 0. The SMILES string of the molecule is CC(C)(C)c1cc2c([nH]c1=O)CCCC2. The number of aryl methyl sites for hydroxylation is 2. The molecule has 1 N–H and O–H groups in total. The molecular formula is C13H19NO. The molecule has 0 spiro atoms. The molecular weight excluding hydrogens is 186 g/mol. The van der Waals surface area contributed by atoms with E-state index in [9.17, 15) is 4.79 Å². The summed E-state index contributed by atoms with van der Waals surface area (Å²) < 4.78 is 0. The third-order valence-electron chi connectivity index (χ3n) is 3.15. The minimum Gasteiger partial charge on any atom is -0.326 e. The summed E-state index contributed by atoms with van der Waals surface area (Å²) in [7, 11) is 0. The Hall–Kier alpha value is -1.05. The lowest BCUT2D eigenvalue weighted by molar-refractivity contribution is 0.572. The van der Waals surface area contributed by atoms with Crippen molar-refractivity contribution in [2.45, 2.75) is 51.9 Å². The summed E-state index contributed by atoms with van der Waals surface area (Å²) in [5.41, 5.74) is 3.48. The lowest BCUT2D eigenvalue weighted by atomic mass is 9.85. The Labute approximate surface area is 90.7 Å². The summed E-state index contributed by atoms with van der Waals surface area (Å²) in [4.78, 5) is 14.9. The molecule has 0 radical (unpaired) electrons. The van der Waals surface area contributed by atoms with E-state index in [1.807, 2.05) is 0 Å². The quantitative estimate of drug-likeness (QED) is 0.693. The molecule has 1 aliphatic rings. The Morgan fingerprint density at radius 3 is 2.53 bits per heavy atom. The van der Waals surface area contributed by atoms with Crippen LogP contribution in [-0.2, 0) is 18.3 Å². The van der Waals surface area contributed by atoms with Crippen LogP contribution >= 0.6 is 0 Å². The molecule has 2 nitrogen and oxygen atoms in total. The lowest BCUT2D eigenvalue weighted by Gasteiger charge is -2.22. The summed E-state index contributed by atoms with van der Waals surface area (Å²) in [6.07, 6.45) is 4.62. The Morgan fingerprint density at radius 2 is 1.87 bits per heavy atom. The molecule has 0 fully saturated rings. The number of hydrogen-bond acceptors (Lipinski definition) is 1. The fourth-order valence-electron chi connectivity index (χ4n) is 2.23. The largest absolute Gasteiger partial charge is 0.326 e. The van der Waals surface area contributed by atoms with Crippen molar-refractivity contribution in [3.8, 4) is 0 Å². The van der Waals surface area contributed by atoms with E-state index < -0.39 is 0 Å². The Morgan fingerprint density at radius 1 is 1.20 bits per heavy atom. The molecule has 15 heavy (non-hydrogen) atoms. The van der Waals surface area contributed by atoms with Crippen LogP contribution in [0.15, 0.2) is 10.9 Å². The van der Waals surface area contributed by atoms with Crippen molar-refractivity contribution >= 4 is 0 Å². The summed E-state index contributed by atoms with van der Waals surface area (Å²) in [6.45, 7) is 6.27. The van der Waals surface area contributed by atoms with E-state index in [4.69, 9.17) is 0 Å². The number of rotatable bonds is 0. The van der Waals surface area contributed by atoms with E-state index in [0.717, 1.165) is 18.4 Å². The minimum atomic E-state index is -0.0555. The monoisotopic (exact) mass is 205 g/mol. The summed E-state index contributed by atoms with van der Waals surface area (Å²) in [5, 5.41) is 0. The first-order chi connectivity index (χ1) is 6.98. The van der Waals surface area contributed by atoms with Crippen LogP contribution in [0.4, 0.5) is 0 Å². The van der Waals surface area contributed by atoms with Crippen LogP contribution in [0.25, 0.3) is 0 Å². The first-order valence-electron chi connectivity index (χ1n) is 5.74. The maximum absolute atomic E-state index is 11.9. The molecule has 1 heterocycles. The molecule has 82 valence electrons. The lowest BCUT2D eigenvalue weighted by Crippen LogP contribution is -2.27. The van der Waals surface area contributed by atoms with Crippen molar-refractivity contribution in [1.29, 1.82) is 0 Å². The molecule has 1 aliphatic carbocycles. The van der Waals surface area contributed by atoms with Gasteiger partial charge in [0.1, 0.15) is 0 Å². The molecule has 1 aromatic heterocycles. The highest BCUT2D eigenvalue weighted by Crippen LogP contribution is 2.24. The second-order valence-corrected chi connectivity index (χ2v) is 5.47. The third-order valence-corrected chi connectivity index (χ3v) is 3.15. The van der Waals surface area contributed by atoms with Crippen molar-refractivity contribution in [2.75, 3.05) is 0 Å². The first kappa shape index (κ1) is 10.5. The van der Waals surface area contributed by atoms with Crippen LogP contribution in [0.1, 0.15) is 50.4 Å². The van der Waals surface area contributed by atoms with Gasteiger partial charge in [0.15, 0.2) is 0 Å². The van der Waals surface area contributed by atoms with Crippen LogP contribution in [0.2, 0.25) is 0 Å². The van der Waals surface area contributed by atoms with Crippen molar-refractivity contribution in [3.05, 3.63) is 33.2 Å². The van der Waals surface area contributed by atoms with Gasteiger partial charge in [0.05, 0.1) is 0 Å². The number of aromatic nitrogens is 1. The molecule has 0 aliphatic heterocycles. The average Bonchev–Trinajstić information content (AvgIpc) is 2.15. The van der Waals surface area contributed by atoms with Crippen LogP contribution in [0, 0.1) is 0 Å². The molecule has 0 aromatic carbocycles. The smallest absolute Gasteiger partial charge is 0.251 e. The van der Waals surface area contributed by atoms with E-state index >= 15 is 0 Å². The number of aromatic amines is 1. The minimum absolute atomic E-state index is 0.0555. The van der Waals surface area contributed by atoms with Crippen LogP contribution in [-0.4, -0.2) is 4.98 Å². The van der Waals surface area contributed by atoms with Gasteiger partial charge in [-0.25, -0.2) is 0 Å². The molecule has 0 bridgehead atoms. The third kappa shape index (κ3) is 1.99. The standard InChI is InChI=1S/C13H19NO/c1-13(2,3)10-8-9-6-4-5-7-11(9)14-12(10)15/h8H,4-7H2,1-3H3,(H,14,15). The van der Waals surface area contributed by atoms with E-state index in [1.54, 1.807) is 0 Å². The molecule has 2 rings (SSSR count). The van der Waals surface area contributed by atoms with Crippen LogP contribution < -0.4 is 5.56 Å². The van der Waals surface area contributed by atoms with E-state index in [-0.39, 0.29) is 11.0 Å². The number of hydrogen-bond donors (Lipinski definition) is 1. The van der Waals surface area contributed by atoms with Gasteiger partial charge in [-0.2, -0.15) is 0 Å². The van der Waals surface area contributed by atoms with Gasteiger partial charge in [-0.1, -0.05) is 20.8 Å². The molecule has 0 atom stereocenters. The van der Waals surface area contributed by atoms with Gasteiger partial charge < -0.3 is 4.98 Å². The topological polar surface area (TPSA) is 32.9 Å². The van der Waals surface area contributed by atoms with Gasteiger partial charge in [0.25, 0.3) is 5.56 Å². The number of H-pyrrole nitrogens is 1. The predicted octanol–water partition coefficient (Wildman–Crippen LogP) is 2.55. The number of nitrogens with one attached hydrogen (secondary N) is 1. The van der Waals surface area contributed by atoms with Gasteiger partial charge in [0.2, 0.25) is 0 Å². The number of pyridine rings is 1. The van der Waals surface area contributed by atoms with Gasteiger partial charge in [-0.05, 0) is 42.7 Å². The molecule has 0 saturated carbocycles. The Kier molecular flexibility index (Phi) is 2.45. The fraction of sp³-hybridized carbons (Fsp3) is 0.615. The Bertz CT molecular complexity index is 423. The fourth-order valence-corrected chi connectivity index (χ4v) is 2.23. The highest BCUT2D eigenvalue weighted by atomic mass is 16.1. The van der Waals surface area contributed by atoms with Crippen molar-refractivity contribution < 1.29 is 0 Å². The Balaban J connectivity index is 2.55. The zero-order valence-corrected chi connectivity index (χ0v) is 9.81. The number of fused-ring (bicyclic) bond motifs is 1. The first-order valence-corrected chi connectivity index (χ1v) is 5.74. The van der Waals surface area contributed by atoms with Crippen LogP contribution in [0.3, 0.4) is 0 Å².